The second-order valence-electron chi connectivity index (χ2n) is 5.60. The average Bonchev–Trinajstić information content (AvgIpc) is 2.94. The molecule has 7 nitrogen and oxygen atoms in total. The van der Waals surface area contributed by atoms with Crippen molar-refractivity contribution >= 4 is 22.5 Å². The zero-order valence-electron chi connectivity index (χ0n) is 13.8. The van der Waals surface area contributed by atoms with Gasteiger partial charge in [0.15, 0.2) is 5.82 Å². The standard InChI is InChI=1S/C16H22N6O/c1-10-8-13-12(9-14(10)23-3)19-15(18-7-5-4-6-17)16-21-20-11(2)22(13)16/h8-9H,4-7,17H2,1-3H3,(H,18,19). The summed E-state index contributed by atoms with van der Waals surface area (Å²) < 4.78 is 7.44. The minimum atomic E-state index is 0.697. The summed E-state index contributed by atoms with van der Waals surface area (Å²) in [5, 5.41) is 11.8. The van der Waals surface area contributed by atoms with Crippen LogP contribution in [0, 0.1) is 13.8 Å². The molecule has 122 valence electrons. The van der Waals surface area contributed by atoms with Crippen molar-refractivity contribution in [2.24, 2.45) is 5.73 Å². The van der Waals surface area contributed by atoms with Crippen LogP contribution in [0.4, 0.5) is 5.82 Å². The molecule has 0 atom stereocenters. The molecule has 3 aromatic rings. The molecule has 0 radical (unpaired) electrons. The Morgan fingerprint density at radius 3 is 2.78 bits per heavy atom. The van der Waals surface area contributed by atoms with Crippen molar-refractivity contribution < 1.29 is 4.74 Å². The Hall–Kier alpha value is -2.41. The summed E-state index contributed by atoms with van der Waals surface area (Å²) in [6.07, 6.45) is 1.97. The molecule has 0 aliphatic carbocycles. The van der Waals surface area contributed by atoms with Gasteiger partial charge >= 0.3 is 0 Å². The van der Waals surface area contributed by atoms with E-state index in [1.165, 1.54) is 0 Å². The van der Waals surface area contributed by atoms with E-state index in [1.807, 2.05) is 24.3 Å². The molecule has 2 heterocycles. The highest BCUT2D eigenvalue weighted by molar-refractivity contribution is 5.85. The molecule has 0 saturated carbocycles. The normalized spacial score (nSPS) is 11.3. The molecule has 7 heteroatoms. The second-order valence-corrected chi connectivity index (χ2v) is 5.60. The van der Waals surface area contributed by atoms with Gasteiger partial charge in [-0.25, -0.2) is 4.98 Å². The van der Waals surface area contributed by atoms with E-state index >= 15 is 0 Å². The monoisotopic (exact) mass is 314 g/mol. The van der Waals surface area contributed by atoms with Gasteiger partial charge in [-0.05, 0) is 44.9 Å². The predicted molar refractivity (Wildman–Crippen MR) is 91.1 cm³/mol. The van der Waals surface area contributed by atoms with Gasteiger partial charge in [0.05, 0.1) is 18.1 Å². The number of hydrogen-bond acceptors (Lipinski definition) is 6. The van der Waals surface area contributed by atoms with E-state index < -0.39 is 0 Å². The summed E-state index contributed by atoms with van der Waals surface area (Å²) >= 11 is 0. The van der Waals surface area contributed by atoms with E-state index in [0.717, 1.165) is 59.0 Å². The summed E-state index contributed by atoms with van der Waals surface area (Å²) in [6.45, 7) is 5.46. The number of aryl methyl sites for hydroxylation is 2. The molecule has 0 unspecified atom stereocenters. The molecule has 0 aliphatic rings. The largest absolute Gasteiger partial charge is 0.496 e. The first-order valence-electron chi connectivity index (χ1n) is 7.79. The average molecular weight is 314 g/mol. The van der Waals surface area contributed by atoms with Crippen molar-refractivity contribution in [1.29, 1.82) is 0 Å². The van der Waals surface area contributed by atoms with Gasteiger partial charge in [0.25, 0.3) is 0 Å². The number of nitrogens with zero attached hydrogens (tertiary/aromatic N) is 4. The lowest BCUT2D eigenvalue weighted by Gasteiger charge is -2.12. The van der Waals surface area contributed by atoms with Gasteiger partial charge in [-0.15, -0.1) is 10.2 Å². The molecular weight excluding hydrogens is 292 g/mol. The summed E-state index contributed by atoms with van der Waals surface area (Å²) in [6, 6.07) is 4.01. The van der Waals surface area contributed by atoms with Crippen molar-refractivity contribution in [2.45, 2.75) is 26.7 Å². The number of benzene rings is 1. The Morgan fingerprint density at radius 2 is 2.04 bits per heavy atom. The quantitative estimate of drug-likeness (QED) is 0.677. The van der Waals surface area contributed by atoms with Crippen LogP contribution < -0.4 is 15.8 Å². The van der Waals surface area contributed by atoms with E-state index in [4.69, 9.17) is 15.5 Å². The number of unbranched alkanes of at least 4 members (excludes halogenated alkanes) is 1. The molecule has 0 fully saturated rings. The molecular formula is C16H22N6O. The van der Waals surface area contributed by atoms with Crippen LogP contribution in [-0.4, -0.2) is 39.8 Å². The zero-order chi connectivity index (χ0) is 16.4. The van der Waals surface area contributed by atoms with Crippen molar-refractivity contribution in [1.82, 2.24) is 19.6 Å². The van der Waals surface area contributed by atoms with Crippen LogP contribution in [-0.2, 0) is 0 Å². The molecule has 3 N–H and O–H groups in total. The van der Waals surface area contributed by atoms with Gasteiger partial charge in [0.2, 0.25) is 5.65 Å². The van der Waals surface area contributed by atoms with E-state index in [1.54, 1.807) is 7.11 Å². The third-order valence-corrected chi connectivity index (χ3v) is 3.93. The van der Waals surface area contributed by atoms with Gasteiger partial charge in [0.1, 0.15) is 11.6 Å². The minimum Gasteiger partial charge on any atom is -0.496 e. The van der Waals surface area contributed by atoms with Crippen molar-refractivity contribution in [3.05, 3.63) is 23.5 Å². The Bertz CT molecular complexity index is 842. The lowest BCUT2D eigenvalue weighted by molar-refractivity contribution is 0.412. The zero-order valence-corrected chi connectivity index (χ0v) is 13.8. The van der Waals surface area contributed by atoms with E-state index in [9.17, 15) is 0 Å². The molecule has 1 aromatic carbocycles. The SMILES string of the molecule is COc1cc2nc(NCCCCN)c3nnc(C)n3c2cc1C. The number of nitrogens with one attached hydrogen (secondary N) is 1. The topological polar surface area (TPSA) is 90.4 Å². The van der Waals surface area contributed by atoms with Crippen LogP contribution in [0.3, 0.4) is 0 Å². The molecule has 0 spiro atoms. The number of ether oxygens (including phenoxy) is 1. The summed E-state index contributed by atoms with van der Waals surface area (Å²) in [5.41, 5.74) is 9.17. The highest BCUT2D eigenvalue weighted by atomic mass is 16.5. The van der Waals surface area contributed by atoms with Gasteiger partial charge in [-0.3, -0.25) is 4.40 Å². The molecule has 0 aliphatic heterocycles. The number of aromatic nitrogens is 4. The van der Waals surface area contributed by atoms with Gasteiger partial charge in [-0.2, -0.15) is 0 Å². The van der Waals surface area contributed by atoms with Crippen LogP contribution in [0.25, 0.3) is 16.7 Å². The lowest BCUT2D eigenvalue weighted by Crippen LogP contribution is -2.09. The third-order valence-electron chi connectivity index (χ3n) is 3.93. The fourth-order valence-electron chi connectivity index (χ4n) is 2.72. The first-order valence-corrected chi connectivity index (χ1v) is 7.79. The highest BCUT2D eigenvalue weighted by Crippen LogP contribution is 2.27. The van der Waals surface area contributed by atoms with Gasteiger partial charge in [0, 0.05) is 12.6 Å². The number of anilines is 1. The fraction of sp³-hybridized carbons (Fsp3) is 0.438. The molecule has 0 saturated heterocycles. The van der Waals surface area contributed by atoms with E-state index in [0.29, 0.717) is 6.54 Å². The van der Waals surface area contributed by atoms with Gasteiger partial charge < -0.3 is 15.8 Å². The number of hydrogen-bond donors (Lipinski definition) is 2. The van der Waals surface area contributed by atoms with Crippen molar-refractivity contribution in [3.8, 4) is 5.75 Å². The minimum absolute atomic E-state index is 0.697. The third kappa shape index (κ3) is 2.79. The number of fused-ring (bicyclic) bond motifs is 3. The number of rotatable bonds is 6. The molecule has 3 rings (SSSR count). The Labute approximate surface area is 134 Å². The molecule has 0 bridgehead atoms. The molecule has 23 heavy (non-hydrogen) atoms. The molecule has 0 amide bonds. The maximum Gasteiger partial charge on any atom is 0.204 e. The Balaban J connectivity index is 2.13. The summed E-state index contributed by atoms with van der Waals surface area (Å²) in [7, 11) is 1.67. The first kappa shape index (κ1) is 15.5. The Morgan fingerprint density at radius 1 is 1.22 bits per heavy atom. The summed E-state index contributed by atoms with van der Waals surface area (Å²) in [4.78, 5) is 4.72. The van der Waals surface area contributed by atoms with Crippen LogP contribution in [0.15, 0.2) is 12.1 Å². The van der Waals surface area contributed by atoms with E-state index in [2.05, 4.69) is 21.6 Å². The highest BCUT2D eigenvalue weighted by Gasteiger charge is 2.14. The summed E-state index contributed by atoms with van der Waals surface area (Å²) in [5.74, 6) is 2.40. The van der Waals surface area contributed by atoms with Crippen LogP contribution in [0.2, 0.25) is 0 Å². The van der Waals surface area contributed by atoms with E-state index in [-0.39, 0.29) is 0 Å². The second kappa shape index (κ2) is 6.37. The maximum atomic E-state index is 5.54. The van der Waals surface area contributed by atoms with Gasteiger partial charge in [-0.1, -0.05) is 0 Å². The smallest absolute Gasteiger partial charge is 0.204 e. The van der Waals surface area contributed by atoms with Crippen LogP contribution in [0.1, 0.15) is 24.2 Å². The van der Waals surface area contributed by atoms with Crippen LogP contribution in [0.5, 0.6) is 5.75 Å². The van der Waals surface area contributed by atoms with Crippen molar-refractivity contribution in [3.63, 3.8) is 0 Å². The fourth-order valence-corrected chi connectivity index (χ4v) is 2.72. The van der Waals surface area contributed by atoms with Crippen LogP contribution >= 0.6 is 0 Å². The number of nitrogens with two attached hydrogens (primary N) is 1. The van der Waals surface area contributed by atoms with Crippen molar-refractivity contribution in [2.75, 3.05) is 25.5 Å². The predicted octanol–water partition coefficient (Wildman–Crippen LogP) is 2.05. The first-order chi connectivity index (χ1) is 11.2. The number of methoxy groups -OCH3 is 1. The molecule has 2 aromatic heterocycles. The maximum absolute atomic E-state index is 5.54. The lowest BCUT2D eigenvalue weighted by atomic mass is 10.2. The Kier molecular flexibility index (Phi) is 4.29.